The highest BCUT2D eigenvalue weighted by Crippen LogP contribution is 2.54. The van der Waals surface area contributed by atoms with Gasteiger partial charge in [0.05, 0.1) is 0 Å². The van der Waals surface area contributed by atoms with Gasteiger partial charge in [0, 0.05) is 11.3 Å². The number of rotatable bonds is 1. The maximum Gasteiger partial charge on any atom is 0.124 e. The second kappa shape index (κ2) is 2.97. The molecule has 0 aromatic carbocycles. The predicted molar refractivity (Wildman–Crippen MR) is 53.4 cm³/mol. The fraction of sp³-hybridized carbons (Fsp3) is 0.750. The molecule has 0 heterocycles. The second-order valence-electron chi connectivity index (χ2n) is 4.78. The Kier molecular flexibility index (Phi) is 2.05. The van der Waals surface area contributed by atoms with Crippen LogP contribution in [0.1, 0.15) is 39.5 Å². The van der Waals surface area contributed by atoms with E-state index < -0.39 is 0 Å². The highest BCUT2D eigenvalue weighted by Gasteiger charge is 2.46. The molecule has 0 spiro atoms. The molecule has 0 N–H and O–H groups in total. The largest absolute Gasteiger partial charge is 0.303 e. The summed E-state index contributed by atoms with van der Waals surface area (Å²) in [4.78, 5) is 11.0. The molecule has 0 amide bonds. The Hall–Kier alpha value is -0.590. The van der Waals surface area contributed by atoms with E-state index in [4.69, 9.17) is 0 Å². The van der Waals surface area contributed by atoms with Crippen LogP contribution in [-0.4, -0.2) is 6.29 Å². The molecule has 2 rings (SSSR count). The Morgan fingerprint density at radius 1 is 1.62 bits per heavy atom. The molecular formula is C12H18O. The fourth-order valence-electron chi connectivity index (χ4n) is 3.12. The van der Waals surface area contributed by atoms with Crippen molar-refractivity contribution in [2.45, 2.75) is 39.5 Å². The SMILES string of the molecule is C[C@@H]1CCCC2=CC[C@@H](C=O)[C@]21C. The molecule has 0 bridgehead atoms. The molecule has 3 atom stereocenters. The molecule has 13 heavy (non-hydrogen) atoms. The molecule has 1 saturated carbocycles. The van der Waals surface area contributed by atoms with Gasteiger partial charge in [0.1, 0.15) is 6.29 Å². The number of carbonyl (C=O) groups excluding carboxylic acids is 1. The molecule has 0 aromatic rings. The smallest absolute Gasteiger partial charge is 0.124 e. The summed E-state index contributed by atoms with van der Waals surface area (Å²) in [6.07, 6.45) is 8.30. The van der Waals surface area contributed by atoms with E-state index in [1.165, 1.54) is 25.5 Å². The molecule has 2 aliphatic carbocycles. The summed E-state index contributed by atoms with van der Waals surface area (Å²) in [5.74, 6) is 0.947. The van der Waals surface area contributed by atoms with Gasteiger partial charge in [0.15, 0.2) is 0 Å². The summed E-state index contributed by atoms with van der Waals surface area (Å²) in [7, 11) is 0. The Morgan fingerprint density at radius 2 is 2.38 bits per heavy atom. The Balaban J connectivity index is 2.33. The molecule has 0 saturated heterocycles. The van der Waals surface area contributed by atoms with Crippen molar-refractivity contribution < 1.29 is 4.79 Å². The maximum atomic E-state index is 11.0. The lowest BCUT2D eigenvalue weighted by Gasteiger charge is -2.42. The van der Waals surface area contributed by atoms with Crippen LogP contribution in [0.25, 0.3) is 0 Å². The maximum absolute atomic E-state index is 11.0. The van der Waals surface area contributed by atoms with E-state index in [1.807, 2.05) is 0 Å². The molecule has 0 aromatic heterocycles. The van der Waals surface area contributed by atoms with Crippen molar-refractivity contribution in [1.82, 2.24) is 0 Å². The van der Waals surface area contributed by atoms with Crippen LogP contribution in [0.3, 0.4) is 0 Å². The zero-order chi connectivity index (χ0) is 9.47. The first-order valence-electron chi connectivity index (χ1n) is 5.34. The van der Waals surface area contributed by atoms with E-state index in [0.29, 0.717) is 5.92 Å². The molecule has 0 unspecified atom stereocenters. The first-order chi connectivity index (χ1) is 6.19. The molecule has 1 heteroatoms. The average molecular weight is 178 g/mol. The quantitative estimate of drug-likeness (QED) is 0.445. The van der Waals surface area contributed by atoms with Crippen LogP contribution in [0.4, 0.5) is 0 Å². The minimum atomic E-state index is 0.208. The van der Waals surface area contributed by atoms with Gasteiger partial charge in [-0.2, -0.15) is 0 Å². The normalized spacial score (nSPS) is 44.0. The van der Waals surface area contributed by atoms with Gasteiger partial charge in [-0.15, -0.1) is 0 Å². The van der Waals surface area contributed by atoms with Crippen LogP contribution in [-0.2, 0) is 4.79 Å². The summed E-state index contributed by atoms with van der Waals surface area (Å²) in [6.45, 7) is 4.59. The van der Waals surface area contributed by atoms with E-state index >= 15 is 0 Å². The topological polar surface area (TPSA) is 17.1 Å². The van der Waals surface area contributed by atoms with E-state index in [-0.39, 0.29) is 11.3 Å². The lowest BCUT2D eigenvalue weighted by atomic mass is 9.62. The van der Waals surface area contributed by atoms with Gasteiger partial charge in [-0.25, -0.2) is 0 Å². The van der Waals surface area contributed by atoms with E-state index in [2.05, 4.69) is 19.9 Å². The number of hydrogen-bond donors (Lipinski definition) is 0. The van der Waals surface area contributed by atoms with Crippen LogP contribution in [0, 0.1) is 17.3 Å². The zero-order valence-corrected chi connectivity index (χ0v) is 8.55. The van der Waals surface area contributed by atoms with Gasteiger partial charge in [-0.3, -0.25) is 0 Å². The number of aldehydes is 1. The van der Waals surface area contributed by atoms with Crippen molar-refractivity contribution in [3.8, 4) is 0 Å². The number of allylic oxidation sites excluding steroid dienone is 2. The Labute approximate surface area is 80.2 Å². The van der Waals surface area contributed by atoms with Crippen molar-refractivity contribution in [1.29, 1.82) is 0 Å². The fourth-order valence-corrected chi connectivity index (χ4v) is 3.12. The van der Waals surface area contributed by atoms with Crippen LogP contribution in [0.5, 0.6) is 0 Å². The summed E-state index contributed by atoms with van der Waals surface area (Å²) >= 11 is 0. The van der Waals surface area contributed by atoms with E-state index in [1.54, 1.807) is 5.57 Å². The molecule has 72 valence electrons. The molecule has 1 fully saturated rings. The number of carbonyl (C=O) groups is 1. The van der Waals surface area contributed by atoms with Gasteiger partial charge in [-0.1, -0.05) is 25.5 Å². The van der Waals surface area contributed by atoms with Crippen molar-refractivity contribution >= 4 is 6.29 Å². The predicted octanol–water partition coefficient (Wildman–Crippen LogP) is 2.96. The Morgan fingerprint density at radius 3 is 3.08 bits per heavy atom. The molecule has 0 aliphatic heterocycles. The molecule has 2 aliphatic rings. The number of fused-ring (bicyclic) bond motifs is 1. The van der Waals surface area contributed by atoms with Crippen LogP contribution < -0.4 is 0 Å². The molecule has 1 nitrogen and oxygen atoms in total. The van der Waals surface area contributed by atoms with Crippen LogP contribution in [0.2, 0.25) is 0 Å². The standard InChI is InChI=1S/C12H18O/c1-9-4-3-5-10-6-7-11(8-13)12(9,10)2/h6,8-9,11H,3-5,7H2,1-2H3/t9-,11+,12+/m1/s1. The van der Waals surface area contributed by atoms with E-state index in [9.17, 15) is 4.79 Å². The summed E-state index contributed by atoms with van der Waals surface area (Å²) in [6, 6.07) is 0. The first-order valence-corrected chi connectivity index (χ1v) is 5.34. The van der Waals surface area contributed by atoms with Gasteiger partial charge in [0.2, 0.25) is 0 Å². The third-order valence-corrected chi connectivity index (χ3v) is 4.35. The highest BCUT2D eigenvalue weighted by molar-refractivity contribution is 5.59. The first kappa shape index (κ1) is 8.98. The van der Waals surface area contributed by atoms with Gasteiger partial charge >= 0.3 is 0 Å². The minimum Gasteiger partial charge on any atom is -0.303 e. The van der Waals surface area contributed by atoms with Gasteiger partial charge < -0.3 is 4.79 Å². The van der Waals surface area contributed by atoms with Crippen LogP contribution in [0.15, 0.2) is 11.6 Å². The summed E-state index contributed by atoms with van der Waals surface area (Å²) in [5.41, 5.74) is 1.77. The molecular weight excluding hydrogens is 160 g/mol. The van der Waals surface area contributed by atoms with E-state index in [0.717, 1.165) is 6.42 Å². The lowest BCUT2D eigenvalue weighted by Crippen LogP contribution is -2.36. The van der Waals surface area contributed by atoms with Crippen molar-refractivity contribution in [3.63, 3.8) is 0 Å². The van der Waals surface area contributed by atoms with Gasteiger partial charge in [-0.05, 0) is 31.6 Å². The lowest BCUT2D eigenvalue weighted by molar-refractivity contribution is -0.114. The third-order valence-electron chi connectivity index (χ3n) is 4.35. The van der Waals surface area contributed by atoms with Crippen molar-refractivity contribution in [3.05, 3.63) is 11.6 Å². The van der Waals surface area contributed by atoms with Gasteiger partial charge in [0.25, 0.3) is 0 Å². The molecule has 0 radical (unpaired) electrons. The zero-order valence-electron chi connectivity index (χ0n) is 8.55. The van der Waals surface area contributed by atoms with Crippen molar-refractivity contribution in [2.75, 3.05) is 0 Å². The monoisotopic (exact) mass is 178 g/mol. The van der Waals surface area contributed by atoms with Crippen molar-refractivity contribution in [2.24, 2.45) is 17.3 Å². The number of hydrogen-bond acceptors (Lipinski definition) is 1. The average Bonchev–Trinajstić information content (AvgIpc) is 2.45. The second-order valence-corrected chi connectivity index (χ2v) is 4.78. The highest BCUT2D eigenvalue weighted by atomic mass is 16.1. The summed E-state index contributed by atoms with van der Waals surface area (Å²) < 4.78 is 0. The summed E-state index contributed by atoms with van der Waals surface area (Å²) in [5, 5.41) is 0. The third kappa shape index (κ3) is 1.09. The minimum absolute atomic E-state index is 0.208. The Bertz CT molecular complexity index is 254. The van der Waals surface area contributed by atoms with Crippen LogP contribution >= 0.6 is 0 Å².